The highest BCUT2D eigenvalue weighted by molar-refractivity contribution is 5.96. The molecule has 92 valence electrons. The molecule has 1 aliphatic rings. The highest BCUT2D eigenvalue weighted by atomic mass is 16.2. The number of carbonyl (C=O) groups excluding carboxylic acids is 1. The number of amides is 1. The zero-order valence-corrected chi connectivity index (χ0v) is 10.6. The number of nitrogens with one attached hydrogen (secondary N) is 1. The first-order chi connectivity index (χ1) is 8.24. The summed E-state index contributed by atoms with van der Waals surface area (Å²) in [4.78, 5) is 14.4. The van der Waals surface area contributed by atoms with Crippen molar-refractivity contribution in [3.63, 3.8) is 0 Å². The minimum absolute atomic E-state index is 0.181. The summed E-state index contributed by atoms with van der Waals surface area (Å²) < 4.78 is 0. The molecule has 0 spiro atoms. The molecule has 0 radical (unpaired) electrons. The van der Waals surface area contributed by atoms with E-state index in [1.54, 1.807) is 0 Å². The normalized spacial score (nSPS) is 17.5. The molecule has 17 heavy (non-hydrogen) atoms. The Morgan fingerprint density at radius 2 is 2.18 bits per heavy atom. The van der Waals surface area contributed by atoms with Crippen LogP contribution in [0.4, 0.5) is 0 Å². The van der Waals surface area contributed by atoms with Crippen molar-refractivity contribution in [1.82, 2.24) is 10.2 Å². The second kappa shape index (κ2) is 5.32. The van der Waals surface area contributed by atoms with Gasteiger partial charge < -0.3 is 10.2 Å². The van der Waals surface area contributed by atoms with Gasteiger partial charge in [-0.2, -0.15) is 0 Å². The largest absolute Gasteiger partial charge is 0.335 e. The molecular weight excluding hydrogens is 212 g/mol. The summed E-state index contributed by atoms with van der Waals surface area (Å²) in [5.41, 5.74) is 2.07. The van der Waals surface area contributed by atoms with Crippen molar-refractivity contribution < 1.29 is 4.79 Å². The maximum atomic E-state index is 12.5. The Morgan fingerprint density at radius 1 is 1.41 bits per heavy atom. The standard InChI is InChI=1S/C14H20N2O/c1-11(10-15-2)16-9-5-7-12-6-3-4-8-13(12)14(16)17/h3-4,6,8,11,15H,5,7,9-10H2,1-2H3. The Bertz CT molecular complexity index is 403. The number of fused-ring (bicyclic) bond motifs is 1. The molecule has 1 unspecified atom stereocenters. The number of nitrogens with zero attached hydrogens (tertiary/aromatic N) is 1. The lowest BCUT2D eigenvalue weighted by atomic mass is 10.0. The SMILES string of the molecule is CNCC(C)N1CCCc2ccccc2C1=O. The summed E-state index contributed by atoms with van der Waals surface area (Å²) in [5, 5.41) is 3.14. The number of carbonyl (C=O) groups is 1. The number of likely N-dealkylation sites (N-methyl/N-ethyl adjacent to an activating group) is 1. The fraction of sp³-hybridized carbons (Fsp3) is 0.500. The molecule has 0 saturated carbocycles. The summed E-state index contributed by atoms with van der Waals surface area (Å²) in [6, 6.07) is 8.22. The average Bonchev–Trinajstić information content (AvgIpc) is 2.50. The van der Waals surface area contributed by atoms with Gasteiger partial charge in [0.15, 0.2) is 0 Å². The van der Waals surface area contributed by atoms with Crippen molar-refractivity contribution in [3.05, 3.63) is 35.4 Å². The van der Waals surface area contributed by atoms with Crippen LogP contribution in [0.25, 0.3) is 0 Å². The number of hydrogen-bond acceptors (Lipinski definition) is 2. The van der Waals surface area contributed by atoms with Crippen LogP contribution in [0.3, 0.4) is 0 Å². The predicted molar refractivity (Wildman–Crippen MR) is 69.2 cm³/mol. The zero-order chi connectivity index (χ0) is 12.3. The van der Waals surface area contributed by atoms with Gasteiger partial charge in [0.05, 0.1) is 0 Å². The summed E-state index contributed by atoms with van der Waals surface area (Å²) in [5.74, 6) is 0.181. The lowest BCUT2D eigenvalue weighted by Gasteiger charge is -2.28. The number of hydrogen-bond donors (Lipinski definition) is 1. The van der Waals surface area contributed by atoms with E-state index >= 15 is 0 Å². The number of benzene rings is 1. The fourth-order valence-corrected chi connectivity index (χ4v) is 2.47. The van der Waals surface area contributed by atoms with E-state index in [-0.39, 0.29) is 11.9 Å². The van der Waals surface area contributed by atoms with Gasteiger partial charge >= 0.3 is 0 Å². The first-order valence-corrected chi connectivity index (χ1v) is 6.27. The minimum Gasteiger partial charge on any atom is -0.335 e. The molecule has 1 N–H and O–H groups in total. The molecule has 1 aromatic rings. The summed E-state index contributed by atoms with van der Waals surface area (Å²) in [6.45, 7) is 3.80. The molecule has 0 aromatic heterocycles. The van der Waals surface area contributed by atoms with Crippen LogP contribution in [-0.2, 0) is 6.42 Å². The van der Waals surface area contributed by atoms with Crippen molar-refractivity contribution in [2.45, 2.75) is 25.8 Å². The van der Waals surface area contributed by atoms with Crippen molar-refractivity contribution in [2.75, 3.05) is 20.1 Å². The van der Waals surface area contributed by atoms with Crippen LogP contribution >= 0.6 is 0 Å². The van der Waals surface area contributed by atoms with Gasteiger partial charge in [-0.1, -0.05) is 18.2 Å². The van der Waals surface area contributed by atoms with E-state index in [0.29, 0.717) is 0 Å². The number of rotatable bonds is 3. The Labute approximate surface area is 103 Å². The second-order valence-corrected chi connectivity index (χ2v) is 4.67. The summed E-state index contributed by atoms with van der Waals surface area (Å²) in [6.07, 6.45) is 2.06. The predicted octanol–water partition coefficient (Wildman–Crippen LogP) is 1.68. The quantitative estimate of drug-likeness (QED) is 0.860. The first kappa shape index (κ1) is 12.1. The van der Waals surface area contributed by atoms with Crippen molar-refractivity contribution in [1.29, 1.82) is 0 Å². The van der Waals surface area contributed by atoms with Crippen LogP contribution in [0.1, 0.15) is 29.3 Å². The second-order valence-electron chi connectivity index (χ2n) is 4.67. The Morgan fingerprint density at radius 3 is 2.94 bits per heavy atom. The molecule has 0 bridgehead atoms. The Kier molecular flexibility index (Phi) is 3.79. The molecule has 3 nitrogen and oxygen atoms in total. The Hall–Kier alpha value is -1.35. The highest BCUT2D eigenvalue weighted by Gasteiger charge is 2.25. The van der Waals surface area contributed by atoms with E-state index in [1.807, 2.05) is 30.1 Å². The van der Waals surface area contributed by atoms with Gasteiger partial charge in [-0.3, -0.25) is 4.79 Å². The third-order valence-electron chi connectivity index (χ3n) is 3.39. The van der Waals surface area contributed by atoms with Crippen LogP contribution in [-0.4, -0.2) is 37.0 Å². The van der Waals surface area contributed by atoms with Gasteiger partial charge in [-0.15, -0.1) is 0 Å². The lowest BCUT2D eigenvalue weighted by Crippen LogP contribution is -2.43. The van der Waals surface area contributed by atoms with E-state index in [9.17, 15) is 4.79 Å². The molecule has 1 amide bonds. The van der Waals surface area contributed by atoms with E-state index in [1.165, 1.54) is 5.56 Å². The van der Waals surface area contributed by atoms with Gasteiger partial charge in [0, 0.05) is 24.7 Å². The monoisotopic (exact) mass is 232 g/mol. The first-order valence-electron chi connectivity index (χ1n) is 6.27. The molecule has 0 saturated heterocycles. The molecule has 1 aromatic carbocycles. The average molecular weight is 232 g/mol. The topological polar surface area (TPSA) is 32.3 Å². The van der Waals surface area contributed by atoms with Crippen LogP contribution < -0.4 is 5.32 Å². The lowest BCUT2D eigenvalue weighted by molar-refractivity contribution is 0.0699. The summed E-state index contributed by atoms with van der Waals surface area (Å²) >= 11 is 0. The van der Waals surface area contributed by atoms with E-state index in [2.05, 4.69) is 18.3 Å². The van der Waals surface area contributed by atoms with Gasteiger partial charge in [-0.05, 0) is 38.4 Å². The minimum atomic E-state index is 0.181. The summed E-state index contributed by atoms with van der Waals surface area (Å²) in [7, 11) is 1.92. The molecule has 1 heterocycles. The van der Waals surface area contributed by atoms with Crippen LogP contribution in [0.15, 0.2) is 24.3 Å². The van der Waals surface area contributed by atoms with E-state index < -0.39 is 0 Å². The Balaban J connectivity index is 2.26. The van der Waals surface area contributed by atoms with E-state index in [0.717, 1.165) is 31.5 Å². The van der Waals surface area contributed by atoms with Crippen molar-refractivity contribution >= 4 is 5.91 Å². The molecule has 1 atom stereocenters. The zero-order valence-electron chi connectivity index (χ0n) is 10.6. The molecule has 0 fully saturated rings. The van der Waals surface area contributed by atoms with Crippen LogP contribution in [0, 0.1) is 0 Å². The van der Waals surface area contributed by atoms with Gasteiger partial charge in [0.25, 0.3) is 5.91 Å². The van der Waals surface area contributed by atoms with Crippen LogP contribution in [0.2, 0.25) is 0 Å². The van der Waals surface area contributed by atoms with E-state index in [4.69, 9.17) is 0 Å². The van der Waals surface area contributed by atoms with Gasteiger partial charge in [0.2, 0.25) is 0 Å². The van der Waals surface area contributed by atoms with Crippen LogP contribution in [0.5, 0.6) is 0 Å². The molecule has 3 heteroatoms. The maximum Gasteiger partial charge on any atom is 0.254 e. The number of aryl methyl sites for hydroxylation is 1. The third-order valence-corrected chi connectivity index (χ3v) is 3.39. The molecule has 1 aliphatic heterocycles. The van der Waals surface area contributed by atoms with Crippen molar-refractivity contribution in [3.8, 4) is 0 Å². The molecule has 0 aliphatic carbocycles. The maximum absolute atomic E-state index is 12.5. The smallest absolute Gasteiger partial charge is 0.254 e. The molecule has 2 rings (SSSR count). The third kappa shape index (κ3) is 2.50. The van der Waals surface area contributed by atoms with Gasteiger partial charge in [0.1, 0.15) is 0 Å². The highest BCUT2D eigenvalue weighted by Crippen LogP contribution is 2.19. The fourth-order valence-electron chi connectivity index (χ4n) is 2.47. The van der Waals surface area contributed by atoms with Gasteiger partial charge in [-0.25, -0.2) is 0 Å². The molecular formula is C14H20N2O. The van der Waals surface area contributed by atoms with Crippen molar-refractivity contribution in [2.24, 2.45) is 0 Å².